The summed E-state index contributed by atoms with van der Waals surface area (Å²) in [6, 6.07) is 0. The molecule has 0 aromatic carbocycles. The van der Waals surface area contributed by atoms with Gasteiger partial charge in [-0.15, -0.1) is 0 Å². The Morgan fingerprint density at radius 1 is 1.33 bits per heavy atom. The molecule has 0 saturated heterocycles. The van der Waals surface area contributed by atoms with E-state index in [1.807, 2.05) is 0 Å². The van der Waals surface area contributed by atoms with Crippen molar-refractivity contribution >= 4 is 5.97 Å². The maximum Gasteiger partial charge on any atom is 0.306 e. The molecule has 0 aliphatic rings. The van der Waals surface area contributed by atoms with Crippen LogP contribution < -0.4 is 5.73 Å². The fourth-order valence-corrected chi connectivity index (χ4v) is 1.45. The van der Waals surface area contributed by atoms with Gasteiger partial charge in [-0.05, 0) is 46.1 Å². The second-order valence-electron chi connectivity index (χ2n) is 4.67. The monoisotopic (exact) mass is 217 g/mol. The standard InChI is InChI=1S/C11H23NO3/c1-11(2,15)7-6-9(10(13)14)5-3-4-8-12/h9,15H,3-8,12H2,1-2H3,(H,13,14). The molecule has 1 unspecified atom stereocenters. The molecular weight excluding hydrogens is 194 g/mol. The predicted octanol–water partition coefficient (Wildman–Crippen LogP) is 1.37. The first-order valence-corrected chi connectivity index (χ1v) is 5.52. The van der Waals surface area contributed by atoms with Gasteiger partial charge in [0.2, 0.25) is 0 Å². The van der Waals surface area contributed by atoms with Crippen LogP contribution in [0.5, 0.6) is 0 Å². The van der Waals surface area contributed by atoms with Gasteiger partial charge in [-0.1, -0.05) is 6.42 Å². The summed E-state index contributed by atoms with van der Waals surface area (Å²) in [6.07, 6.45) is 3.42. The molecule has 0 bridgehead atoms. The van der Waals surface area contributed by atoms with E-state index in [9.17, 15) is 9.90 Å². The summed E-state index contributed by atoms with van der Waals surface area (Å²) in [5.74, 6) is -1.11. The molecule has 15 heavy (non-hydrogen) atoms. The molecule has 0 fully saturated rings. The van der Waals surface area contributed by atoms with E-state index < -0.39 is 11.6 Å². The molecule has 1 atom stereocenters. The van der Waals surface area contributed by atoms with E-state index in [-0.39, 0.29) is 5.92 Å². The Kier molecular flexibility index (Phi) is 6.52. The molecule has 0 aromatic heterocycles. The highest BCUT2D eigenvalue weighted by atomic mass is 16.4. The van der Waals surface area contributed by atoms with Crippen LogP contribution in [0.25, 0.3) is 0 Å². The summed E-state index contributed by atoms with van der Waals surface area (Å²) in [5.41, 5.74) is 4.57. The van der Waals surface area contributed by atoms with Crippen LogP contribution in [-0.4, -0.2) is 28.3 Å². The lowest BCUT2D eigenvalue weighted by Gasteiger charge is -2.19. The van der Waals surface area contributed by atoms with Gasteiger partial charge in [-0.2, -0.15) is 0 Å². The van der Waals surface area contributed by atoms with Gasteiger partial charge in [0.05, 0.1) is 11.5 Å². The summed E-state index contributed by atoms with van der Waals surface area (Å²) < 4.78 is 0. The number of carboxylic acids is 1. The van der Waals surface area contributed by atoms with Gasteiger partial charge in [0.25, 0.3) is 0 Å². The molecule has 0 aliphatic heterocycles. The number of carbonyl (C=O) groups is 1. The van der Waals surface area contributed by atoms with Crippen LogP contribution in [0.15, 0.2) is 0 Å². The smallest absolute Gasteiger partial charge is 0.306 e. The second kappa shape index (κ2) is 6.80. The quantitative estimate of drug-likeness (QED) is 0.536. The Balaban J connectivity index is 3.89. The van der Waals surface area contributed by atoms with Crippen LogP contribution in [-0.2, 0) is 4.79 Å². The van der Waals surface area contributed by atoms with Crippen molar-refractivity contribution in [1.29, 1.82) is 0 Å². The fourth-order valence-electron chi connectivity index (χ4n) is 1.45. The minimum absolute atomic E-state index is 0.344. The van der Waals surface area contributed by atoms with E-state index in [4.69, 9.17) is 10.8 Å². The molecule has 0 radical (unpaired) electrons. The maximum atomic E-state index is 10.9. The largest absolute Gasteiger partial charge is 0.481 e. The number of aliphatic hydroxyl groups is 1. The molecule has 0 amide bonds. The normalized spacial score (nSPS) is 13.9. The number of nitrogens with two attached hydrogens (primary N) is 1. The molecule has 0 heterocycles. The van der Waals surface area contributed by atoms with Gasteiger partial charge >= 0.3 is 5.97 Å². The third-order valence-electron chi connectivity index (χ3n) is 2.46. The van der Waals surface area contributed by atoms with Crippen molar-refractivity contribution in [3.8, 4) is 0 Å². The van der Waals surface area contributed by atoms with Crippen LogP contribution in [0, 0.1) is 5.92 Å². The minimum Gasteiger partial charge on any atom is -0.481 e. The topological polar surface area (TPSA) is 83.5 Å². The Morgan fingerprint density at radius 3 is 2.33 bits per heavy atom. The third-order valence-corrected chi connectivity index (χ3v) is 2.46. The summed E-state index contributed by atoms with van der Waals surface area (Å²) in [6.45, 7) is 4.01. The van der Waals surface area contributed by atoms with E-state index >= 15 is 0 Å². The second-order valence-corrected chi connectivity index (χ2v) is 4.67. The van der Waals surface area contributed by atoms with Gasteiger partial charge in [0.15, 0.2) is 0 Å². The lowest BCUT2D eigenvalue weighted by Crippen LogP contribution is -2.23. The van der Waals surface area contributed by atoms with E-state index in [2.05, 4.69) is 0 Å². The highest BCUT2D eigenvalue weighted by Crippen LogP contribution is 2.20. The summed E-state index contributed by atoms with van der Waals surface area (Å²) in [7, 11) is 0. The highest BCUT2D eigenvalue weighted by molar-refractivity contribution is 5.69. The van der Waals surface area contributed by atoms with Crippen LogP contribution in [0.3, 0.4) is 0 Å². The number of aliphatic carboxylic acids is 1. The van der Waals surface area contributed by atoms with Crippen molar-refractivity contribution in [2.75, 3.05) is 6.54 Å². The fraction of sp³-hybridized carbons (Fsp3) is 0.909. The molecule has 0 saturated carbocycles. The number of hydrogen-bond acceptors (Lipinski definition) is 3. The molecule has 4 heteroatoms. The number of carboxylic acid groups (broad SMARTS) is 1. The van der Waals surface area contributed by atoms with Crippen molar-refractivity contribution in [1.82, 2.24) is 0 Å². The van der Waals surface area contributed by atoms with Gasteiger partial charge in [0, 0.05) is 0 Å². The molecule has 4 N–H and O–H groups in total. The highest BCUT2D eigenvalue weighted by Gasteiger charge is 2.21. The molecule has 0 aliphatic carbocycles. The first-order valence-electron chi connectivity index (χ1n) is 5.52. The summed E-state index contributed by atoms with van der Waals surface area (Å²) >= 11 is 0. The lowest BCUT2D eigenvalue weighted by atomic mass is 9.91. The van der Waals surface area contributed by atoms with E-state index in [0.29, 0.717) is 25.8 Å². The van der Waals surface area contributed by atoms with E-state index in [1.54, 1.807) is 13.8 Å². The molecule has 0 spiro atoms. The Labute approximate surface area is 91.5 Å². The Morgan fingerprint density at radius 2 is 1.93 bits per heavy atom. The third kappa shape index (κ3) is 8.39. The van der Waals surface area contributed by atoms with Crippen LogP contribution >= 0.6 is 0 Å². The van der Waals surface area contributed by atoms with Crippen LogP contribution in [0.1, 0.15) is 46.0 Å². The van der Waals surface area contributed by atoms with Crippen LogP contribution in [0.4, 0.5) is 0 Å². The van der Waals surface area contributed by atoms with Crippen molar-refractivity contribution < 1.29 is 15.0 Å². The molecule has 0 aromatic rings. The molecule has 0 rings (SSSR count). The van der Waals surface area contributed by atoms with Gasteiger partial charge in [-0.25, -0.2) is 0 Å². The Bertz CT molecular complexity index is 187. The molecular formula is C11H23NO3. The van der Waals surface area contributed by atoms with Crippen molar-refractivity contribution in [2.24, 2.45) is 11.7 Å². The number of unbranched alkanes of at least 4 members (excludes halogenated alkanes) is 1. The van der Waals surface area contributed by atoms with Gasteiger partial charge in [0.1, 0.15) is 0 Å². The number of rotatable bonds is 8. The molecule has 4 nitrogen and oxygen atoms in total. The minimum atomic E-state index is -0.776. The van der Waals surface area contributed by atoms with Crippen molar-refractivity contribution in [2.45, 2.75) is 51.6 Å². The van der Waals surface area contributed by atoms with E-state index in [0.717, 1.165) is 12.8 Å². The zero-order valence-electron chi connectivity index (χ0n) is 9.70. The first kappa shape index (κ1) is 14.4. The molecule has 90 valence electrons. The van der Waals surface area contributed by atoms with E-state index in [1.165, 1.54) is 0 Å². The number of hydrogen-bond donors (Lipinski definition) is 3. The average Bonchev–Trinajstić information content (AvgIpc) is 2.08. The van der Waals surface area contributed by atoms with Crippen molar-refractivity contribution in [3.05, 3.63) is 0 Å². The first-order chi connectivity index (χ1) is 6.87. The zero-order chi connectivity index (χ0) is 11.9. The van der Waals surface area contributed by atoms with Gasteiger partial charge in [-0.3, -0.25) is 4.79 Å². The zero-order valence-corrected chi connectivity index (χ0v) is 9.70. The van der Waals surface area contributed by atoms with Gasteiger partial charge < -0.3 is 15.9 Å². The maximum absolute atomic E-state index is 10.9. The van der Waals surface area contributed by atoms with Crippen LogP contribution in [0.2, 0.25) is 0 Å². The lowest BCUT2D eigenvalue weighted by molar-refractivity contribution is -0.142. The Hall–Kier alpha value is -0.610. The summed E-state index contributed by atoms with van der Waals surface area (Å²) in [4.78, 5) is 10.9. The SMILES string of the molecule is CC(C)(O)CCC(CCCCN)C(=O)O. The summed E-state index contributed by atoms with van der Waals surface area (Å²) in [5, 5.41) is 18.5. The van der Waals surface area contributed by atoms with Crippen molar-refractivity contribution in [3.63, 3.8) is 0 Å². The predicted molar refractivity (Wildman–Crippen MR) is 59.6 cm³/mol. The average molecular weight is 217 g/mol.